The largest absolute Gasteiger partial charge is 0.486 e. The third-order valence-corrected chi connectivity index (χ3v) is 4.17. The number of nitrogens with one attached hydrogen (secondary N) is 1. The minimum absolute atomic E-state index is 0.0507. The molecular weight excluding hydrogens is 298 g/mol. The van der Waals surface area contributed by atoms with Crippen LogP contribution in [0.5, 0.6) is 11.5 Å². The van der Waals surface area contributed by atoms with Crippen LogP contribution >= 0.6 is 0 Å². The second kappa shape index (κ2) is 6.76. The minimum Gasteiger partial charge on any atom is -0.486 e. The molecule has 2 aliphatic rings. The molecule has 1 aromatic carbocycles. The number of nitrogens with two attached hydrogens (primary N) is 1. The van der Waals surface area contributed by atoms with Crippen LogP contribution in [-0.4, -0.2) is 49.6 Å². The van der Waals surface area contributed by atoms with Gasteiger partial charge in [0.1, 0.15) is 13.2 Å². The van der Waals surface area contributed by atoms with Gasteiger partial charge in [-0.1, -0.05) is 6.07 Å². The van der Waals surface area contributed by atoms with Gasteiger partial charge >= 0.3 is 0 Å². The molecule has 0 bridgehead atoms. The van der Waals surface area contributed by atoms with Gasteiger partial charge in [-0.15, -0.1) is 0 Å². The van der Waals surface area contributed by atoms with E-state index < -0.39 is 0 Å². The van der Waals surface area contributed by atoms with Gasteiger partial charge in [0, 0.05) is 13.1 Å². The summed E-state index contributed by atoms with van der Waals surface area (Å²) in [6.07, 6.45) is 1.56. The lowest BCUT2D eigenvalue weighted by atomic mass is 9.97. The molecule has 1 aromatic rings. The summed E-state index contributed by atoms with van der Waals surface area (Å²) >= 11 is 0. The van der Waals surface area contributed by atoms with E-state index in [1.54, 1.807) is 4.90 Å². The van der Waals surface area contributed by atoms with Crippen LogP contribution in [0.4, 0.5) is 5.69 Å². The van der Waals surface area contributed by atoms with Crippen molar-refractivity contribution in [2.45, 2.75) is 12.8 Å². The second-order valence-corrected chi connectivity index (χ2v) is 5.76. The molecule has 3 rings (SSSR count). The summed E-state index contributed by atoms with van der Waals surface area (Å²) in [5.74, 6) is 0.693. The summed E-state index contributed by atoms with van der Waals surface area (Å²) in [7, 11) is 0. The van der Waals surface area contributed by atoms with Crippen LogP contribution in [0.3, 0.4) is 0 Å². The maximum atomic E-state index is 12.3. The Hall–Kier alpha value is -2.44. The number of anilines is 1. The summed E-state index contributed by atoms with van der Waals surface area (Å²) in [5.41, 5.74) is 6.08. The smallest absolute Gasteiger partial charge is 0.241 e. The highest BCUT2D eigenvalue weighted by Crippen LogP contribution is 2.37. The molecule has 124 valence electrons. The number of rotatable bonds is 4. The first-order valence-electron chi connectivity index (χ1n) is 7.84. The van der Waals surface area contributed by atoms with E-state index in [2.05, 4.69) is 5.32 Å². The van der Waals surface area contributed by atoms with E-state index in [0.29, 0.717) is 37.8 Å². The van der Waals surface area contributed by atoms with E-state index in [0.717, 1.165) is 18.5 Å². The Bertz CT molecular complexity index is 605. The number of likely N-dealkylation sites (tertiary alicyclic amines) is 1. The molecule has 0 aliphatic carbocycles. The fourth-order valence-electron chi connectivity index (χ4n) is 2.93. The first kappa shape index (κ1) is 15.5. The zero-order chi connectivity index (χ0) is 16.2. The summed E-state index contributed by atoms with van der Waals surface area (Å²) < 4.78 is 11.1. The molecule has 1 saturated heterocycles. The molecule has 1 unspecified atom stereocenters. The van der Waals surface area contributed by atoms with Crippen molar-refractivity contribution in [2.75, 3.05) is 38.2 Å². The average Bonchev–Trinajstić information content (AvgIpc) is 2.59. The normalized spacial score (nSPS) is 20.0. The molecular formula is C16H21N3O4. The molecule has 0 spiro atoms. The zero-order valence-electron chi connectivity index (χ0n) is 12.9. The molecule has 1 fully saturated rings. The van der Waals surface area contributed by atoms with Crippen LogP contribution in [0.2, 0.25) is 0 Å². The van der Waals surface area contributed by atoms with Gasteiger partial charge in [0.2, 0.25) is 11.8 Å². The van der Waals surface area contributed by atoms with E-state index in [-0.39, 0.29) is 24.3 Å². The Morgan fingerprint density at radius 1 is 1.30 bits per heavy atom. The standard InChI is InChI=1S/C16H21N3O4/c17-16(21)11-3-2-6-19(10-11)14(20)9-18-12-4-1-5-13-15(12)23-8-7-22-13/h1,4-5,11,18H,2-3,6-10H2,(H2,17,21). The molecule has 0 saturated carbocycles. The van der Waals surface area contributed by atoms with Crippen molar-refractivity contribution in [1.29, 1.82) is 0 Å². The molecule has 7 nitrogen and oxygen atoms in total. The Morgan fingerprint density at radius 2 is 2.13 bits per heavy atom. The van der Waals surface area contributed by atoms with Crippen molar-refractivity contribution in [3.05, 3.63) is 18.2 Å². The Balaban J connectivity index is 1.60. The maximum absolute atomic E-state index is 12.3. The van der Waals surface area contributed by atoms with E-state index in [1.807, 2.05) is 18.2 Å². The molecule has 3 N–H and O–H groups in total. The van der Waals surface area contributed by atoms with Crippen LogP contribution < -0.4 is 20.5 Å². The van der Waals surface area contributed by atoms with Gasteiger partial charge in [0.15, 0.2) is 11.5 Å². The molecule has 0 aromatic heterocycles. The summed E-state index contributed by atoms with van der Waals surface area (Å²) in [5, 5.41) is 3.10. The molecule has 2 aliphatic heterocycles. The molecule has 7 heteroatoms. The number of carbonyl (C=O) groups excluding carboxylic acids is 2. The fraction of sp³-hybridized carbons (Fsp3) is 0.500. The molecule has 23 heavy (non-hydrogen) atoms. The number of piperidine rings is 1. The van der Waals surface area contributed by atoms with Crippen molar-refractivity contribution in [3.8, 4) is 11.5 Å². The van der Waals surface area contributed by atoms with Crippen LogP contribution in [0.25, 0.3) is 0 Å². The number of benzene rings is 1. The van der Waals surface area contributed by atoms with Crippen molar-refractivity contribution in [3.63, 3.8) is 0 Å². The fourth-order valence-corrected chi connectivity index (χ4v) is 2.93. The first-order chi connectivity index (χ1) is 11.1. The Morgan fingerprint density at radius 3 is 2.96 bits per heavy atom. The Labute approximate surface area is 134 Å². The lowest BCUT2D eigenvalue weighted by Gasteiger charge is -2.31. The van der Waals surface area contributed by atoms with E-state index in [9.17, 15) is 9.59 Å². The van der Waals surface area contributed by atoms with Crippen LogP contribution in [0.15, 0.2) is 18.2 Å². The second-order valence-electron chi connectivity index (χ2n) is 5.76. The minimum atomic E-state index is -0.335. The number of ether oxygens (including phenoxy) is 2. The summed E-state index contributed by atoms with van der Waals surface area (Å²) in [6, 6.07) is 5.54. The molecule has 0 radical (unpaired) electrons. The number of primary amides is 1. The number of para-hydroxylation sites is 1. The van der Waals surface area contributed by atoms with Crippen LogP contribution in [0.1, 0.15) is 12.8 Å². The number of carbonyl (C=O) groups is 2. The van der Waals surface area contributed by atoms with Crippen LogP contribution in [0, 0.1) is 5.92 Å². The van der Waals surface area contributed by atoms with Crippen molar-refractivity contribution >= 4 is 17.5 Å². The third kappa shape index (κ3) is 3.49. The van der Waals surface area contributed by atoms with Crippen molar-refractivity contribution in [1.82, 2.24) is 4.90 Å². The number of fused-ring (bicyclic) bond motifs is 1. The quantitative estimate of drug-likeness (QED) is 0.847. The van der Waals surface area contributed by atoms with Gasteiger partial charge in [-0.05, 0) is 25.0 Å². The summed E-state index contributed by atoms with van der Waals surface area (Å²) in [6.45, 7) is 2.23. The van der Waals surface area contributed by atoms with Gasteiger partial charge in [-0.3, -0.25) is 9.59 Å². The number of amides is 2. The van der Waals surface area contributed by atoms with Gasteiger partial charge in [-0.2, -0.15) is 0 Å². The average molecular weight is 319 g/mol. The molecule has 2 heterocycles. The highest BCUT2D eigenvalue weighted by Gasteiger charge is 2.27. The lowest BCUT2D eigenvalue weighted by molar-refractivity contribution is -0.133. The van der Waals surface area contributed by atoms with Crippen LogP contribution in [-0.2, 0) is 9.59 Å². The predicted octanol–water partition coefficient (Wildman–Crippen LogP) is 0.594. The molecule has 2 amide bonds. The van der Waals surface area contributed by atoms with Crippen molar-refractivity contribution < 1.29 is 19.1 Å². The van der Waals surface area contributed by atoms with Gasteiger partial charge in [-0.25, -0.2) is 0 Å². The number of hydrogen-bond donors (Lipinski definition) is 2. The molecule has 1 atom stereocenters. The number of hydrogen-bond acceptors (Lipinski definition) is 5. The lowest BCUT2D eigenvalue weighted by Crippen LogP contribution is -2.46. The van der Waals surface area contributed by atoms with Gasteiger partial charge in [0.05, 0.1) is 18.2 Å². The topological polar surface area (TPSA) is 93.9 Å². The van der Waals surface area contributed by atoms with Gasteiger partial charge in [0.25, 0.3) is 0 Å². The summed E-state index contributed by atoms with van der Waals surface area (Å²) in [4.78, 5) is 25.3. The SMILES string of the molecule is NC(=O)C1CCCN(C(=O)CNc2cccc3c2OCCO3)C1. The third-order valence-electron chi connectivity index (χ3n) is 4.17. The van der Waals surface area contributed by atoms with E-state index in [1.165, 1.54) is 0 Å². The first-order valence-corrected chi connectivity index (χ1v) is 7.84. The highest BCUT2D eigenvalue weighted by molar-refractivity contribution is 5.83. The maximum Gasteiger partial charge on any atom is 0.241 e. The van der Waals surface area contributed by atoms with E-state index in [4.69, 9.17) is 15.2 Å². The van der Waals surface area contributed by atoms with E-state index >= 15 is 0 Å². The van der Waals surface area contributed by atoms with Crippen molar-refractivity contribution in [2.24, 2.45) is 11.7 Å². The monoisotopic (exact) mass is 319 g/mol. The number of nitrogens with zero attached hydrogens (tertiary/aromatic N) is 1. The Kier molecular flexibility index (Phi) is 4.55. The highest BCUT2D eigenvalue weighted by atomic mass is 16.6. The van der Waals surface area contributed by atoms with Gasteiger partial charge < -0.3 is 25.4 Å². The predicted molar refractivity (Wildman–Crippen MR) is 84.4 cm³/mol. The zero-order valence-corrected chi connectivity index (χ0v) is 12.9.